The molecule has 25 heavy (non-hydrogen) atoms. The van der Waals surface area contributed by atoms with Crippen molar-refractivity contribution in [1.82, 2.24) is 5.32 Å². The molecule has 0 saturated carbocycles. The number of anilines is 1. The summed E-state index contributed by atoms with van der Waals surface area (Å²) >= 11 is 0. The lowest BCUT2D eigenvalue weighted by Gasteiger charge is -2.06. The fraction of sp³-hybridized carbons (Fsp3) is 0.105. The Morgan fingerprint density at radius 2 is 1.68 bits per heavy atom. The van der Waals surface area contributed by atoms with Gasteiger partial charge in [-0.1, -0.05) is 30.3 Å². The molecule has 2 amide bonds. The number of methoxy groups -OCH3 is 1. The molecule has 0 radical (unpaired) electrons. The van der Waals surface area contributed by atoms with E-state index < -0.39 is 5.97 Å². The van der Waals surface area contributed by atoms with Gasteiger partial charge in [-0.2, -0.15) is 0 Å². The van der Waals surface area contributed by atoms with Crippen molar-refractivity contribution in [2.75, 3.05) is 19.0 Å². The highest BCUT2D eigenvalue weighted by Crippen LogP contribution is 2.10. The van der Waals surface area contributed by atoms with Gasteiger partial charge < -0.3 is 15.4 Å². The Labute approximate surface area is 145 Å². The molecule has 0 unspecified atom stereocenters. The predicted molar refractivity (Wildman–Crippen MR) is 94.9 cm³/mol. The molecule has 6 nitrogen and oxygen atoms in total. The molecule has 0 fully saturated rings. The van der Waals surface area contributed by atoms with Crippen molar-refractivity contribution in [3.63, 3.8) is 0 Å². The minimum absolute atomic E-state index is 0.156. The van der Waals surface area contributed by atoms with E-state index >= 15 is 0 Å². The highest BCUT2D eigenvalue weighted by atomic mass is 16.5. The van der Waals surface area contributed by atoms with Gasteiger partial charge in [-0.05, 0) is 35.9 Å². The molecule has 0 saturated heterocycles. The molecule has 0 aliphatic rings. The van der Waals surface area contributed by atoms with Crippen molar-refractivity contribution >= 4 is 29.5 Å². The van der Waals surface area contributed by atoms with Crippen molar-refractivity contribution in [3.05, 3.63) is 71.8 Å². The van der Waals surface area contributed by atoms with Crippen LogP contribution >= 0.6 is 0 Å². The Morgan fingerprint density at radius 3 is 2.32 bits per heavy atom. The molecular weight excluding hydrogens is 320 g/mol. The molecule has 2 rings (SSSR count). The third-order valence-corrected chi connectivity index (χ3v) is 3.24. The minimum atomic E-state index is -0.449. The third-order valence-electron chi connectivity index (χ3n) is 3.24. The first-order valence-corrected chi connectivity index (χ1v) is 7.57. The smallest absolute Gasteiger partial charge is 0.337 e. The van der Waals surface area contributed by atoms with Crippen molar-refractivity contribution < 1.29 is 19.1 Å². The highest BCUT2D eigenvalue weighted by molar-refractivity contribution is 5.98. The van der Waals surface area contributed by atoms with Crippen molar-refractivity contribution in [2.24, 2.45) is 0 Å². The van der Waals surface area contributed by atoms with Crippen LogP contribution in [0.15, 0.2) is 60.7 Å². The zero-order valence-electron chi connectivity index (χ0n) is 13.7. The average molecular weight is 338 g/mol. The van der Waals surface area contributed by atoms with Gasteiger partial charge >= 0.3 is 5.97 Å². The van der Waals surface area contributed by atoms with Gasteiger partial charge in [0.05, 0.1) is 19.2 Å². The van der Waals surface area contributed by atoms with Crippen LogP contribution < -0.4 is 10.6 Å². The van der Waals surface area contributed by atoms with Gasteiger partial charge in [0.1, 0.15) is 0 Å². The maximum Gasteiger partial charge on any atom is 0.337 e. The largest absolute Gasteiger partial charge is 0.465 e. The van der Waals surface area contributed by atoms with Gasteiger partial charge in [-0.25, -0.2) is 4.79 Å². The Bertz CT molecular complexity index is 768. The van der Waals surface area contributed by atoms with Gasteiger partial charge in [0.25, 0.3) is 0 Å². The van der Waals surface area contributed by atoms with Crippen LogP contribution in [0.3, 0.4) is 0 Å². The number of nitrogens with one attached hydrogen (secondary N) is 2. The molecule has 2 aromatic carbocycles. The molecule has 2 aromatic rings. The second-order valence-corrected chi connectivity index (χ2v) is 5.08. The summed E-state index contributed by atoms with van der Waals surface area (Å²) in [7, 11) is 1.30. The maximum absolute atomic E-state index is 11.8. The van der Waals surface area contributed by atoms with Gasteiger partial charge in [-0.3, -0.25) is 9.59 Å². The number of amides is 2. The number of hydrogen-bond acceptors (Lipinski definition) is 4. The normalized spacial score (nSPS) is 10.3. The van der Waals surface area contributed by atoms with Crippen LogP contribution in [0.1, 0.15) is 15.9 Å². The van der Waals surface area contributed by atoms with E-state index in [1.165, 1.54) is 13.2 Å². The maximum atomic E-state index is 11.8. The van der Waals surface area contributed by atoms with E-state index in [9.17, 15) is 14.4 Å². The zero-order valence-corrected chi connectivity index (χ0v) is 13.7. The monoisotopic (exact) mass is 338 g/mol. The number of rotatable bonds is 6. The van der Waals surface area contributed by atoms with Crippen LogP contribution in [0.5, 0.6) is 0 Å². The van der Waals surface area contributed by atoms with Crippen LogP contribution in [0.4, 0.5) is 5.69 Å². The molecule has 0 spiro atoms. The zero-order chi connectivity index (χ0) is 18.1. The first-order valence-electron chi connectivity index (χ1n) is 7.57. The quantitative estimate of drug-likeness (QED) is 0.625. The van der Waals surface area contributed by atoms with Gasteiger partial charge in [0.2, 0.25) is 11.8 Å². The lowest BCUT2D eigenvalue weighted by molar-refractivity contribution is -0.121. The molecule has 0 aromatic heterocycles. The Hall–Kier alpha value is -3.41. The molecule has 0 atom stereocenters. The Kier molecular flexibility index (Phi) is 6.47. The Morgan fingerprint density at radius 1 is 1.00 bits per heavy atom. The van der Waals surface area contributed by atoms with E-state index in [0.29, 0.717) is 11.3 Å². The fourth-order valence-electron chi connectivity index (χ4n) is 1.98. The second-order valence-electron chi connectivity index (χ2n) is 5.08. The number of carbonyl (C=O) groups is 3. The number of benzene rings is 2. The second kappa shape index (κ2) is 9.02. The number of ether oxygens (including phenoxy) is 1. The number of hydrogen-bond donors (Lipinski definition) is 2. The predicted octanol–water partition coefficient (Wildman–Crippen LogP) is 2.24. The van der Waals surface area contributed by atoms with Crippen molar-refractivity contribution in [2.45, 2.75) is 0 Å². The average Bonchev–Trinajstić information content (AvgIpc) is 2.65. The summed E-state index contributed by atoms with van der Waals surface area (Å²) < 4.78 is 4.60. The van der Waals surface area contributed by atoms with E-state index in [-0.39, 0.29) is 18.4 Å². The van der Waals surface area contributed by atoms with Crippen LogP contribution in [-0.4, -0.2) is 31.4 Å². The summed E-state index contributed by atoms with van der Waals surface area (Å²) in [5.41, 5.74) is 1.80. The molecule has 0 bridgehead atoms. The summed E-state index contributed by atoms with van der Waals surface area (Å²) in [5.74, 6) is -1.18. The minimum Gasteiger partial charge on any atom is -0.465 e. The van der Waals surface area contributed by atoms with Crippen LogP contribution in [0, 0.1) is 0 Å². The summed E-state index contributed by atoms with van der Waals surface area (Å²) in [6.07, 6.45) is 3.03. The van der Waals surface area contributed by atoms with Crippen molar-refractivity contribution in [3.8, 4) is 0 Å². The number of esters is 1. The van der Waals surface area contributed by atoms with E-state index in [1.54, 1.807) is 30.3 Å². The lowest BCUT2D eigenvalue weighted by atomic mass is 10.2. The lowest BCUT2D eigenvalue weighted by Crippen LogP contribution is -2.31. The molecule has 6 heteroatoms. The first-order chi connectivity index (χ1) is 12.1. The summed E-state index contributed by atoms with van der Waals surface area (Å²) in [5, 5.41) is 5.13. The van der Waals surface area contributed by atoms with E-state index in [4.69, 9.17) is 0 Å². The molecule has 0 aliphatic carbocycles. The molecule has 2 N–H and O–H groups in total. The summed E-state index contributed by atoms with van der Waals surface area (Å²) in [6.45, 7) is -0.156. The first kappa shape index (κ1) is 17.9. The van der Waals surface area contributed by atoms with Gasteiger partial charge in [-0.15, -0.1) is 0 Å². The number of carbonyl (C=O) groups excluding carboxylic acids is 3. The standard InChI is InChI=1S/C19H18N2O4/c1-25-19(24)15-8-10-16(11-9-15)21-18(23)13-20-17(22)12-7-14-5-3-2-4-6-14/h2-12H,13H2,1H3,(H,20,22)(H,21,23)/b12-7+. The fourth-order valence-corrected chi connectivity index (χ4v) is 1.98. The molecule has 128 valence electrons. The van der Waals surface area contributed by atoms with Gasteiger partial charge in [0.15, 0.2) is 0 Å². The van der Waals surface area contributed by atoms with Crippen LogP contribution in [0.2, 0.25) is 0 Å². The topological polar surface area (TPSA) is 84.5 Å². The molecule has 0 heterocycles. The van der Waals surface area contributed by atoms with E-state index in [2.05, 4.69) is 15.4 Å². The Balaban J connectivity index is 1.79. The third kappa shape index (κ3) is 5.95. The molecule has 0 aliphatic heterocycles. The molecular formula is C19H18N2O4. The highest BCUT2D eigenvalue weighted by Gasteiger charge is 2.07. The van der Waals surface area contributed by atoms with Crippen molar-refractivity contribution in [1.29, 1.82) is 0 Å². The summed E-state index contributed by atoms with van der Waals surface area (Å²) in [6, 6.07) is 15.6. The van der Waals surface area contributed by atoms with E-state index in [1.807, 2.05) is 30.3 Å². The summed E-state index contributed by atoms with van der Waals surface area (Å²) in [4.78, 5) is 34.8. The van der Waals surface area contributed by atoms with E-state index in [0.717, 1.165) is 5.56 Å². The van der Waals surface area contributed by atoms with Gasteiger partial charge in [0, 0.05) is 11.8 Å². The SMILES string of the molecule is COC(=O)c1ccc(NC(=O)CNC(=O)/C=C/c2ccccc2)cc1. The van der Waals surface area contributed by atoms with Crippen LogP contribution in [-0.2, 0) is 14.3 Å². The van der Waals surface area contributed by atoms with Crippen LogP contribution in [0.25, 0.3) is 6.08 Å².